The lowest BCUT2D eigenvalue weighted by molar-refractivity contribution is -0.151. The number of carbonyl (C=O) groups is 1. The fraction of sp³-hybridized carbons (Fsp3) is 0.933. The number of unbranched alkanes of at least 4 members (excludes halogenated alkanes) is 14. The van der Waals surface area contributed by atoms with Gasteiger partial charge in [-0.3, -0.25) is 4.79 Å². The van der Waals surface area contributed by atoms with Gasteiger partial charge in [-0.25, -0.2) is 0 Å². The third-order valence-corrected chi connectivity index (χ3v) is 14.5. The standard InChI is InChI=1S/C45H80O2/c1-7-8-9-10-11-12-13-14-15-16-17-18-19-20-21-25-43(46)47-38-30-32-44(5)37(34-38)26-27-39-41-29-28-40(36(4)24-22-23-35(2)3)45(41,6)33-31-42(39)44/h26,35-36,38-42H,7-25,27-34H2,1-6H3/t36-,38+,39-,40+,41-,42-,44+,45-/m1/s1. The number of fused-ring (bicyclic) bond motifs is 5. The molecule has 0 unspecified atom stereocenters. The molecule has 0 spiro atoms. The van der Waals surface area contributed by atoms with E-state index < -0.39 is 0 Å². The number of ether oxygens (including phenoxy) is 1. The summed E-state index contributed by atoms with van der Waals surface area (Å²) in [5.74, 6) is 5.34. The molecule has 0 radical (unpaired) electrons. The summed E-state index contributed by atoms with van der Waals surface area (Å²) < 4.78 is 6.13. The van der Waals surface area contributed by atoms with E-state index in [9.17, 15) is 4.79 Å². The largest absolute Gasteiger partial charge is 0.462 e. The molecule has 0 N–H and O–H groups in total. The molecule has 4 aliphatic rings. The highest BCUT2D eigenvalue weighted by Gasteiger charge is 2.59. The lowest BCUT2D eigenvalue weighted by Gasteiger charge is -2.58. The Labute approximate surface area is 293 Å². The van der Waals surface area contributed by atoms with Crippen LogP contribution < -0.4 is 0 Å². The summed E-state index contributed by atoms with van der Waals surface area (Å²) in [6.45, 7) is 15.0. The van der Waals surface area contributed by atoms with Crippen LogP contribution in [-0.4, -0.2) is 12.1 Å². The van der Waals surface area contributed by atoms with Gasteiger partial charge in [-0.1, -0.05) is 162 Å². The maximum Gasteiger partial charge on any atom is 0.306 e. The molecule has 0 heterocycles. The fourth-order valence-electron chi connectivity index (χ4n) is 11.6. The summed E-state index contributed by atoms with van der Waals surface area (Å²) >= 11 is 0. The Morgan fingerprint density at radius 2 is 1.36 bits per heavy atom. The van der Waals surface area contributed by atoms with Crippen molar-refractivity contribution < 1.29 is 9.53 Å². The second kappa shape index (κ2) is 19.6. The zero-order valence-corrected chi connectivity index (χ0v) is 32.5. The smallest absolute Gasteiger partial charge is 0.306 e. The summed E-state index contributed by atoms with van der Waals surface area (Å²) in [4.78, 5) is 12.8. The van der Waals surface area contributed by atoms with Crippen LogP contribution in [0.25, 0.3) is 0 Å². The zero-order valence-electron chi connectivity index (χ0n) is 32.5. The van der Waals surface area contributed by atoms with Crippen molar-refractivity contribution in [2.75, 3.05) is 0 Å². The molecule has 3 saturated carbocycles. The lowest BCUT2D eigenvalue weighted by atomic mass is 9.47. The Hall–Kier alpha value is -0.790. The van der Waals surface area contributed by atoms with E-state index in [0.717, 1.165) is 54.8 Å². The van der Waals surface area contributed by atoms with Crippen molar-refractivity contribution in [2.24, 2.45) is 46.3 Å². The van der Waals surface area contributed by atoms with Gasteiger partial charge in [0, 0.05) is 12.8 Å². The molecule has 0 aromatic carbocycles. The quantitative estimate of drug-likeness (QED) is 0.0661. The summed E-state index contributed by atoms with van der Waals surface area (Å²) in [5.41, 5.74) is 2.54. The van der Waals surface area contributed by atoms with Gasteiger partial charge in [0.25, 0.3) is 0 Å². The Kier molecular flexibility index (Phi) is 16.2. The van der Waals surface area contributed by atoms with Crippen LogP contribution in [0.2, 0.25) is 0 Å². The zero-order chi connectivity index (χ0) is 33.7. The molecule has 0 amide bonds. The Balaban J connectivity index is 1.10. The first kappa shape index (κ1) is 39.0. The molecule has 4 rings (SSSR count). The SMILES string of the molecule is CCCCCCCCCCCCCCCCCC(=O)O[C@H]1CC[C@@]2(C)C(=CC[C@@H]3[C@H]4CC[C@@H]([C@H](C)CCCC(C)C)[C@@]4(C)CC[C@H]32)C1. The van der Waals surface area contributed by atoms with Gasteiger partial charge >= 0.3 is 5.97 Å². The Morgan fingerprint density at radius 3 is 1.98 bits per heavy atom. The van der Waals surface area contributed by atoms with Crippen LogP contribution in [0.3, 0.4) is 0 Å². The van der Waals surface area contributed by atoms with Crippen LogP contribution in [0, 0.1) is 46.3 Å². The van der Waals surface area contributed by atoms with E-state index in [1.165, 1.54) is 148 Å². The number of esters is 1. The number of hydrogen-bond acceptors (Lipinski definition) is 2. The van der Waals surface area contributed by atoms with Crippen LogP contribution >= 0.6 is 0 Å². The molecular weight excluding hydrogens is 572 g/mol. The molecular formula is C45H80O2. The van der Waals surface area contributed by atoms with E-state index in [1.807, 2.05) is 0 Å². The Morgan fingerprint density at radius 1 is 0.745 bits per heavy atom. The molecule has 8 atom stereocenters. The summed E-state index contributed by atoms with van der Waals surface area (Å²) in [7, 11) is 0. The van der Waals surface area contributed by atoms with Gasteiger partial charge in [0.2, 0.25) is 0 Å². The summed E-state index contributed by atoms with van der Waals surface area (Å²) in [5, 5.41) is 0. The van der Waals surface area contributed by atoms with Crippen LogP contribution in [0.5, 0.6) is 0 Å². The number of hydrogen-bond donors (Lipinski definition) is 0. The molecule has 4 aliphatic carbocycles. The van der Waals surface area contributed by atoms with E-state index in [0.29, 0.717) is 17.3 Å². The number of allylic oxidation sites excluding steroid dienone is 1. The molecule has 47 heavy (non-hydrogen) atoms. The van der Waals surface area contributed by atoms with Crippen molar-refractivity contribution >= 4 is 5.97 Å². The predicted molar refractivity (Wildman–Crippen MR) is 202 cm³/mol. The minimum absolute atomic E-state index is 0.0653. The average molecular weight is 653 g/mol. The van der Waals surface area contributed by atoms with Gasteiger partial charge in [-0.2, -0.15) is 0 Å². The van der Waals surface area contributed by atoms with Crippen molar-refractivity contribution in [3.05, 3.63) is 11.6 Å². The first-order valence-corrected chi connectivity index (χ1v) is 21.6. The second-order valence-corrected chi connectivity index (χ2v) is 18.3. The summed E-state index contributed by atoms with van der Waals surface area (Å²) in [6, 6.07) is 0. The highest BCUT2D eigenvalue weighted by atomic mass is 16.5. The van der Waals surface area contributed by atoms with Gasteiger partial charge < -0.3 is 4.74 Å². The lowest BCUT2D eigenvalue weighted by Crippen LogP contribution is -2.51. The maximum absolute atomic E-state index is 12.8. The second-order valence-electron chi connectivity index (χ2n) is 18.3. The molecule has 2 nitrogen and oxygen atoms in total. The van der Waals surface area contributed by atoms with E-state index in [2.05, 4.69) is 47.6 Å². The van der Waals surface area contributed by atoms with Crippen LogP contribution in [0.1, 0.15) is 215 Å². The van der Waals surface area contributed by atoms with Gasteiger partial charge in [0.15, 0.2) is 0 Å². The van der Waals surface area contributed by atoms with Gasteiger partial charge in [-0.15, -0.1) is 0 Å². The first-order valence-electron chi connectivity index (χ1n) is 21.6. The molecule has 2 heteroatoms. The maximum atomic E-state index is 12.8. The van der Waals surface area contributed by atoms with Crippen molar-refractivity contribution in [3.63, 3.8) is 0 Å². The molecule has 3 fully saturated rings. The van der Waals surface area contributed by atoms with E-state index >= 15 is 0 Å². The first-order chi connectivity index (χ1) is 22.7. The highest BCUT2D eigenvalue weighted by Crippen LogP contribution is 2.67. The van der Waals surface area contributed by atoms with E-state index in [1.54, 1.807) is 5.57 Å². The van der Waals surface area contributed by atoms with E-state index in [-0.39, 0.29) is 12.1 Å². The predicted octanol–water partition coefficient (Wildman–Crippen LogP) is 14.2. The van der Waals surface area contributed by atoms with Crippen LogP contribution in [0.15, 0.2) is 11.6 Å². The van der Waals surface area contributed by atoms with Gasteiger partial charge in [-0.05, 0) is 97.7 Å². The highest BCUT2D eigenvalue weighted by molar-refractivity contribution is 5.69. The van der Waals surface area contributed by atoms with Crippen LogP contribution in [-0.2, 0) is 9.53 Å². The molecule has 0 aliphatic heterocycles. The topological polar surface area (TPSA) is 26.3 Å². The van der Waals surface area contributed by atoms with Crippen molar-refractivity contribution in [1.29, 1.82) is 0 Å². The molecule has 0 aromatic heterocycles. The van der Waals surface area contributed by atoms with Gasteiger partial charge in [0.1, 0.15) is 6.10 Å². The number of carbonyl (C=O) groups excluding carboxylic acids is 1. The number of rotatable bonds is 22. The minimum Gasteiger partial charge on any atom is -0.462 e. The monoisotopic (exact) mass is 653 g/mol. The summed E-state index contributed by atoms with van der Waals surface area (Å²) in [6.07, 6.45) is 38.4. The fourth-order valence-corrected chi connectivity index (χ4v) is 11.6. The average Bonchev–Trinajstić information content (AvgIpc) is 3.40. The van der Waals surface area contributed by atoms with Crippen LogP contribution in [0.4, 0.5) is 0 Å². The molecule has 0 saturated heterocycles. The Bertz CT molecular complexity index is 934. The molecule has 0 bridgehead atoms. The third-order valence-electron chi connectivity index (χ3n) is 14.5. The van der Waals surface area contributed by atoms with Crippen molar-refractivity contribution in [2.45, 2.75) is 221 Å². The molecule has 272 valence electrons. The minimum atomic E-state index is 0.0653. The van der Waals surface area contributed by atoms with Crippen molar-refractivity contribution in [3.8, 4) is 0 Å². The molecule has 0 aromatic rings. The third kappa shape index (κ3) is 10.8. The van der Waals surface area contributed by atoms with Crippen molar-refractivity contribution in [1.82, 2.24) is 0 Å². The normalized spacial score (nSPS) is 32.4. The van der Waals surface area contributed by atoms with Gasteiger partial charge in [0.05, 0.1) is 0 Å². The van der Waals surface area contributed by atoms with E-state index in [4.69, 9.17) is 4.74 Å².